The summed E-state index contributed by atoms with van der Waals surface area (Å²) in [4.78, 5) is 34.2. The first-order valence-corrected chi connectivity index (χ1v) is 15.8. The van der Waals surface area contributed by atoms with E-state index in [0.29, 0.717) is 37.9 Å². The number of rotatable bonds is 3. The lowest BCUT2D eigenvalue weighted by atomic mass is 9.82. The Balaban J connectivity index is 1.67. The third-order valence-corrected chi connectivity index (χ3v) is 10.8. The SMILES string of the molecule is C=CC(=O)N1C[C@H](C)N(c2nc(=O)n3c4c(c(-c5cc(Cl)c(F)cc5F)c(C(F)(F)F)cc24)SCC2(CCOCC2)C3)C[C@H]1C. The normalized spacial score (nSPS) is 21.7. The van der Waals surface area contributed by atoms with Gasteiger partial charge in [-0.15, -0.1) is 11.8 Å². The van der Waals surface area contributed by atoms with Crippen molar-refractivity contribution in [2.45, 2.75) is 56.4 Å². The van der Waals surface area contributed by atoms with Gasteiger partial charge in [-0.3, -0.25) is 9.36 Å². The molecule has 6 rings (SSSR count). The van der Waals surface area contributed by atoms with Gasteiger partial charge < -0.3 is 14.5 Å². The summed E-state index contributed by atoms with van der Waals surface area (Å²) in [5, 5.41) is -0.456. The maximum absolute atomic E-state index is 15.4. The van der Waals surface area contributed by atoms with Crippen LogP contribution >= 0.6 is 23.4 Å². The second kappa shape index (κ2) is 11.6. The molecule has 1 aromatic heterocycles. The Labute approximate surface area is 265 Å². The van der Waals surface area contributed by atoms with Gasteiger partial charge in [0, 0.05) is 83.6 Å². The number of nitrogens with zero attached hydrogens (tertiary/aromatic N) is 4. The Morgan fingerprint density at radius 1 is 1.13 bits per heavy atom. The van der Waals surface area contributed by atoms with Crippen LogP contribution in [0.4, 0.5) is 27.8 Å². The van der Waals surface area contributed by atoms with E-state index in [1.807, 2.05) is 0 Å². The predicted molar refractivity (Wildman–Crippen MR) is 163 cm³/mol. The van der Waals surface area contributed by atoms with Crippen LogP contribution in [-0.4, -0.2) is 64.5 Å². The quantitative estimate of drug-likeness (QED) is 0.180. The molecule has 0 bridgehead atoms. The van der Waals surface area contributed by atoms with Crippen molar-refractivity contribution in [2.24, 2.45) is 5.41 Å². The van der Waals surface area contributed by atoms with Gasteiger partial charge >= 0.3 is 11.9 Å². The van der Waals surface area contributed by atoms with Crippen LogP contribution < -0.4 is 10.6 Å². The molecule has 0 aliphatic carbocycles. The lowest BCUT2D eigenvalue weighted by Gasteiger charge is -2.44. The van der Waals surface area contributed by atoms with E-state index in [9.17, 15) is 14.0 Å². The Hall–Kier alpha value is -3.16. The molecule has 0 unspecified atom stereocenters. The molecular formula is C31H30ClF5N4O3S. The number of benzene rings is 2. The standard InChI is InChI=1S/C31H30ClF5N4O3S/c1-4-24(42)39-12-17(3)40(13-16(39)2)28-19-9-20(31(35,36)37)25(18-10-21(32)23(34)11-22(18)33)27-26(19)41(29(43)38-28)14-30(15-45-27)5-7-44-8-6-30/h4,9-11,16-17H,1,5-8,12-15H2,2-3H3/t16-,17+/m1/s1. The van der Waals surface area contributed by atoms with E-state index >= 15 is 17.6 Å². The van der Waals surface area contributed by atoms with E-state index in [1.165, 1.54) is 10.6 Å². The van der Waals surface area contributed by atoms with Gasteiger partial charge in [0.2, 0.25) is 5.91 Å². The summed E-state index contributed by atoms with van der Waals surface area (Å²) in [5.74, 6) is -2.21. The van der Waals surface area contributed by atoms with Crippen LogP contribution in [0.2, 0.25) is 5.02 Å². The van der Waals surface area contributed by atoms with E-state index in [-0.39, 0.29) is 53.2 Å². The molecule has 0 saturated carbocycles. The van der Waals surface area contributed by atoms with Crippen LogP contribution in [0.5, 0.6) is 0 Å². The summed E-state index contributed by atoms with van der Waals surface area (Å²) >= 11 is 7.11. The Bertz CT molecular complexity index is 1780. The molecule has 2 fully saturated rings. The van der Waals surface area contributed by atoms with Crippen LogP contribution in [0.25, 0.3) is 22.0 Å². The number of aromatic nitrogens is 2. The Morgan fingerprint density at radius 3 is 2.51 bits per heavy atom. The Kier molecular flexibility index (Phi) is 8.18. The summed E-state index contributed by atoms with van der Waals surface area (Å²) in [5.41, 5.74) is -3.12. The smallest absolute Gasteiger partial charge is 0.381 e. The summed E-state index contributed by atoms with van der Waals surface area (Å²) in [7, 11) is 0. The number of anilines is 1. The van der Waals surface area contributed by atoms with E-state index in [0.717, 1.165) is 23.9 Å². The van der Waals surface area contributed by atoms with Gasteiger partial charge in [-0.05, 0) is 44.9 Å². The minimum atomic E-state index is -4.97. The van der Waals surface area contributed by atoms with Crippen molar-refractivity contribution in [3.05, 3.63) is 63.6 Å². The van der Waals surface area contributed by atoms with Crippen molar-refractivity contribution in [2.75, 3.05) is 37.0 Å². The zero-order valence-electron chi connectivity index (χ0n) is 24.5. The topological polar surface area (TPSA) is 67.7 Å². The van der Waals surface area contributed by atoms with Crippen LogP contribution in [-0.2, 0) is 22.3 Å². The molecule has 4 heterocycles. The fourth-order valence-corrected chi connectivity index (χ4v) is 8.38. The second-order valence-electron chi connectivity index (χ2n) is 12.0. The van der Waals surface area contributed by atoms with Gasteiger partial charge in [0.15, 0.2) is 0 Å². The number of halogens is 6. The number of thioether (sulfide) groups is 1. The highest BCUT2D eigenvalue weighted by atomic mass is 35.5. The first kappa shape index (κ1) is 31.8. The molecular weight excluding hydrogens is 639 g/mol. The number of carbonyl (C=O) groups is 1. The van der Waals surface area contributed by atoms with Crippen molar-refractivity contribution in [3.63, 3.8) is 0 Å². The number of hydrogen-bond acceptors (Lipinski definition) is 6. The van der Waals surface area contributed by atoms with Crippen molar-refractivity contribution in [3.8, 4) is 11.1 Å². The number of amides is 1. The average molecular weight is 669 g/mol. The van der Waals surface area contributed by atoms with Gasteiger partial charge in [0.1, 0.15) is 17.5 Å². The largest absolute Gasteiger partial charge is 0.417 e. The lowest BCUT2D eigenvalue weighted by molar-refractivity contribution is -0.137. The minimum Gasteiger partial charge on any atom is -0.381 e. The third kappa shape index (κ3) is 5.50. The molecule has 240 valence electrons. The number of hydrogen-bond donors (Lipinski definition) is 0. The molecule has 0 N–H and O–H groups in total. The first-order valence-electron chi connectivity index (χ1n) is 14.5. The molecule has 3 aliphatic rings. The zero-order valence-corrected chi connectivity index (χ0v) is 26.1. The van der Waals surface area contributed by atoms with E-state index in [2.05, 4.69) is 11.6 Å². The monoisotopic (exact) mass is 668 g/mol. The molecule has 45 heavy (non-hydrogen) atoms. The molecule has 3 aliphatic heterocycles. The van der Waals surface area contributed by atoms with Crippen LogP contribution in [0, 0.1) is 17.0 Å². The van der Waals surface area contributed by atoms with Crippen molar-refractivity contribution in [1.29, 1.82) is 0 Å². The minimum absolute atomic E-state index is 0.0479. The summed E-state index contributed by atoms with van der Waals surface area (Å²) in [6, 6.07) is 1.46. The summed E-state index contributed by atoms with van der Waals surface area (Å²) < 4.78 is 81.6. The van der Waals surface area contributed by atoms with E-state index in [1.54, 1.807) is 23.6 Å². The Morgan fingerprint density at radius 2 is 1.84 bits per heavy atom. The van der Waals surface area contributed by atoms with Crippen molar-refractivity contribution in [1.82, 2.24) is 14.5 Å². The highest BCUT2D eigenvalue weighted by molar-refractivity contribution is 7.99. The molecule has 14 heteroatoms. The van der Waals surface area contributed by atoms with Crippen molar-refractivity contribution >= 4 is 46.0 Å². The van der Waals surface area contributed by atoms with E-state index in [4.69, 9.17) is 16.3 Å². The van der Waals surface area contributed by atoms with Gasteiger partial charge in [-0.25, -0.2) is 13.6 Å². The van der Waals surface area contributed by atoms with Gasteiger partial charge in [0.25, 0.3) is 0 Å². The summed E-state index contributed by atoms with van der Waals surface area (Å²) in [6.45, 7) is 8.61. The highest BCUT2D eigenvalue weighted by Gasteiger charge is 2.43. The maximum Gasteiger partial charge on any atom is 0.417 e. The fourth-order valence-electron chi connectivity index (χ4n) is 6.66. The molecule has 1 spiro atoms. The molecule has 3 aromatic rings. The van der Waals surface area contributed by atoms with Crippen LogP contribution in [0.15, 0.2) is 40.5 Å². The van der Waals surface area contributed by atoms with Gasteiger partial charge in [-0.1, -0.05) is 18.2 Å². The maximum atomic E-state index is 15.4. The van der Waals surface area contributed by atoms with Crippen LogP contribution in [0.1, 0.15) is 32.3 Å². The van der Waals surface area contributed by atoms with Gasteiger partial charge in [-0.2, -0.15) is 18.2 Å². The summed E-state index contributed by atoms with van der Waals surface area (Å²) in [6.07, 6.45) is -2.63. The molecule has 1 amide bonds. The molecule has 7 nitrogen and oxygen atoms in total. The predicted octanol–water partition coefficient (Wildman–Crippen LogP) is 6.53. The number of piperazine rings is 1. The molecule has 2 aromatic carbocycles. The number of ether oxygens (including phenoxy) is 1. The molecule has 0 radical (unpaired) electrons. The second-order valence-corrected chi connectivity index (χ2v) is 13.4. The third-order valence-electron chi connectivity index (χ3n) is 9.07. The number of carbonyl (C=O) groups excluding carboxylic acids is 1. The fraction of sp³-hybridized carbons (Fsp3) is 0.452. The van der Waals surface area contributed by atoms with Crippen LogP contribution in [0.3, 0.4) is 0 Å². The van der Waals surface area contributed by atoms with E-state index < -0.39 is 56.7 Å². The average Bonchev–Trinajstić information content (AvgIpc) is 3.15. The zero-order chi connectivity index (χ0) is 32.4. The highest BCUT2D eigenvalue weighted by Crippen LogP contribution is 2.52. The molecule has 2 atom stereocenters. The number of alkyl halides is 3. The lowest BCUT2D eigenvalue weighted by Crippen LogP contribution is -2.58. The van der Waals surface area contributed by atoms with Crippen molar-refractivity contribution < 1.29 is 31.5 Å². The first-order chi connectivity index (χ1) is 21.2. The molecule has 2 saturated heterocycles. The van der Waals surface area contributed by atoms with Gasteiger partial charge in [0.05, 0.1) is 16.1 Å².